The zero-order valence-electron chi connectivity index (χ0n) is 14.7. The number of halogens is 3. The lowest BCUT2D eigenvalue weighted by atomic mass is 10.1. The van der Waals surface area contributed by atoms with E-state index in [0.29, 0.717) is 24.2 Å². The smallest absolute Gasteiger partial charge is 0.376 e. The van der Waals surface area contributed by atoms with Crippen LogP contribution in [0.15, 0.2) is 12.1 Å². The van der Waals surface area contributed by atoms with Crippen LogP contribution >= 0.6 is 0 Å². The molecule has 3 rings (SSSR count). The molecule has 0 saturated carbocycles. The number of fused-ring (bicyclic) bond motifs is 1. The molecule has 142 valence electrons. The van der Waals surface area contributed by atoms with E-state index in [2.05, 4.69) is 10.1 Å². The molecule has 1 atom stereocenters. The molecule has 1 fully saturated rings. The maximum absolute atomic E-state index is 13.2. The molecule has 1 saturated heterocycles. The Balaban J connectivity index is 1.89. The van der Waals surface area contributed by atoms with Crippen LogP contribution in [-0.4, -0.2) is 51.2 Å². The summed E-state index contributed by atoms with van der Waals surface area (Å²) < 4.78 is 46.1. The van der Waals surface area contributed by atoms with Crippen molar-refractivity contribution in [2.75, 3.05) is 19.7 Å². The van der Waals surface area contributed by atoms with E-state index in [0.717, 1.165) is 25.3 Å². The topological polar surface area (TPSA) is 59.7 Å². The van der Waals surface area contributed by atoms with Crippen LogP contribution in [0.3, 0.4) is 0 Å². The molecule has 2 aromatic heterocycles. The SMILES string of the molecule is CCN(C[C@@H]1CCCCO1)C(=O)c1cc2nc(C)cc(C(F)(F)F)n2n1. The van der Waals surface area contributed by atoms with Crippen molar-refractivity contribution in [2.24, 2.45) is 0 Å². The van der Waals surface area contributed by atoms with Crippen LogP contribution in [0.5, 0.6) is 0 Å². The summed E-state index contributed by atoms with van der Waals surface area (Å²) in [6.45, 7) is 4.79. The average molecular weight is 370 g/mol. The van der Waals surface area contributed by atoms with Gasteiger partial charge in [0.15, 0.2) is 11.3 Å². The third kappa shape index (κ3) is 3.82. The molecule has 26 heavy (non-hydrogen) atoms. The Kier molecular flexibility index (Phi) is 5.17. The lowest BCUT2D eigenvalue weighted by Gasteiger charge is -2.28. The second-order valence-corrected chi connectivity index (χ2v) is 6.41. The molecule has 9 heteroatoms. The van der Waals surface area contributed by atoms with E-state index < -0.39 is 17.8 Å². The Morgan fingerprint density at radius 3 is 2.77 bits per heavy atom. The largest absolute Gasteiger partial charge is 0.433 e. The van der Waals surface area contributed by atoms with Gasteiger partial charge in [-0.1, -0.05) is 0 Å². The van der Waals surface area contributed by atoms with Gasteiger partial charge in [-0.05, 0) is 39.2 Å². The highest BCUT2D eigenvalue weighted by molar-refractivity contribution is 5.93. The van der Waals surface area contributed by atoms with E-state index in [-0.39, 0.29) is 23.1 Å². The third-order valence-corrected chi connectivity index (χ3v) is 4.43. The first-order valence-electron chi connectivity index (χ1n) is 8.65. The van der Waals surface area contributed by atoms with E-state index >= 15 is 0 Å². The number of nitrogens with zero attached hydrogens (tertiary/aromatic N) is 4. The maximum Gasteiger partial charge on any atom is 0.433 e. The van der Waals surface area contributed by atoms with Crippen molar-refractivity contribution in [1.29, 1.82) is 0 Å². The van der Waals surface area contributed by atoms with Gasteiger partial charge in [0.2, 0.25) is 0 Å². The molecule has 0 unspecified atom stereocenters. The van der Waals surface area contributed by atoms with Gasteiger partial charge in [-0.15, -0.1) is 0 Å². The van der Waals surface area contributed by atoms with Crippen molar-refractivity contribution < 1.29 is 22.7 Å². The number of ether oxygens (including phenoxy) is 1. The highest BCUT2D eigenvalue weighted by atomic mass is 19.4. The van der Waals surface area contributed by atoms with Crippen LogP contribution < -0.4 is 0 Å². The fraction of sp³-hybridized carbons (Fsp3) is 0.588. The van der Waals surface area contributed by atoms with E-state index in [1.807, 2.05) is 6.92 Å². The molecule has 1 aliphatic rings. The minimum Gasteiger partial charge on any atom is -0.376 e. The van der Waals surface area contributed by atoms with Crippen LogP contribution in [0.2, 0.25) is 0 Å². The normalized spacial score (nSPS) is 18.3. The molecule has 0 aliphatic carbocycles. The van der Waals surface area contributed by atoms with Crippen LogP contribution in [0.1, 0.15) is 48.1 Å². The van der Waals surface area contributed by atoms with Gasteiger partial charge >= 0.3 is 6.18 Å². The summed E-state index contributed by atoms with van der Waals surface area (Å²) in [7, 11) is 0. The minimum atomic E-state index is -4.58. The molecule has 0 bridgehead atoms. The number of carbonyl (C=O) groups excluding carboxylic acids is 1. The second-order valence-electron chi connectivity index (χ2n) is 6.41. The highest BCUT2D eigenvalue weighted by Gasteiger charge is 2.35. The highest BCUT2D eigenvalue weighted by Crippen LogP contribution is 2.30. The van der Waals surface area contributed by atoms with Crippen molar-refractivity contribution in [2.45, 2.75) is 45.4 Å². The number of amides is 1. The third-order valence-electron chi connectivity index (χ3n) is 4.43. The van der Waals surface area contributed by atoms with E-state index in [1.54, 1.807) is 4.90 Å². The van der Waals surface area contributed by atoms with E-state index in [1.165, 1.54) is 13.0 Å². The minimum absolute atomic E-state index is 0.00523. The van der Waals surface area contributed by atoms with Gasteiger partial charge in [0.25, 0.3) is 5.91 Å². The Morgan fingerprint density at radius 2 is 2.15 bits per heavy atom. The first-order valence-corrected chi connectivity index (χ1v) is 8.65. The number of hydrogen-bond donors (Lipinski definition) is 0. The van der Waals surface area contributed by atoms with Gasteiger partial charge in [-0.25, -0.2) is 9.50 Å². The summed E-state index contributed by atoms with van der Waals surface area (Å²) in [6.07, 6.45) is -1.71. The van der Waals surface area contributed by atoms with Crippen molar-refractivity contribution in [1.82, 2.24) is 19.5 Å². The molecule has 0 aromatic carbocycles. The zero-order chi connectivity index (χ0) is 18.9. The Hall–Kier alpha value is -2.16. The van der Waals surface area contributed by atoms with Crippen molar-refractivity contribution in [3.05, 3.63) is 29.2 Å². The van der Waals surface area contributed by atoms with Crippen LogP contribution in [0.4, 0.5) is 13.2 Å². The molecule has 2 aromatic rings. The van der Waals surface area contributed by atoms with Crippen molar-refractivity contribution in [3.63, 3.8) is 0 Å². The monoisotopic (exact) mass is 370 g/mol. The molecule has 1 amide bonds. The number of alkyl halides is 3. The summed E-state index contributed by atoms with van der Waals surface area (Å²) in [6, 6.07) is 2.22. The van der Waals surface area contributed by atoms with Gasteiger partial charge in [-0.3, -0.25) is 4.79 Å². The molecular formula is C17H21F3N4O2. The Labute approximate surface area is 148 Å². The quantitative estimate of drug-likeness (QED) is 0.830. The zero-order valence-corrected chi connectivity index (χ0v) is 14.7. The summed E-state index contributed by atoms with van der Waals surface area (Å²) in [5, 5.41) is 3.88. The van der Waals surface area contributed by atoms with E-state index in [9.17, 15) is 18.0 Å². The molecule has 0 N–H and O–H groups in total. The molecule has 0 spiro atoms. The number of aromatic nitrogens is 3. The summed E-state index contributed by atoms with van der Waals surface area (Å²) in [4.78, 5) is 18.4. The fourth-order valence-corrected chi connectivity index (χ4v) is 3.12. The molecule has 0 radical (unpaired) electrons. The van der Waals surface area contributed by atoms with Gasteiger partial charge in [0.05, 0.1) is 6.10 Å². The predicted molar refractivity (Wildman–Crippen MR) is 87.9 cm³/mol. The molecule has 6 nitrogen and oxygen atoms in total. The lowest BCUT2D eigenvalue weighted by Crippen LogP contribution is -2.39. The number of carbonyl (C=O) groups is 1. The molecule has 3 heterocycles. The van der Waals surface area contributed by atoms with Crippen molar-refractivity contribution >= 4 is 11.6 Å². The lowest BCUT2D eigenvalue weighted by molar-refractivity contribution is -0.142. The fourth-order valence-electron chi connectivity index (χ4n) is 3.12. The standard InChI is InChI=1S/C17H21F3N4O2/c1-3-23(10-12-6-4-5-7-26-12)16(25)13-9-15-21-11(2)8-14(17(18,19)20)24(15)22-13/h8-9,12H,3-7,10H2,1-2H3/t12-/m0/s1. The first kappa shape index (κ1) is 18.6. The number of aryl methyl sites for hydroxylation is 1. The summed E-state index contributed by atoms with van der Waals surface area (Å²) >= 11 is 0. The average Bonchev–Trinajstić information content (AvgIpc) is 3.02. The van der Waals surface area contributed by atoms with Crippen LogP contribution in [-0.2, 0) is 10.9 Å². The number of rotatable bonds is 4. The van der Waals surface area contributed by atoms with Gasteiger partial charge < -0.3 is 9.64 Å². The summed E-state index contributed by atoms with van der Waals surface area (Å²) in [5.74, 6) is -0.419. The number of hydrogen-bond acceptors (Lipinski definition) is 4. The molecular weight excluding hydrogens is 349 g/mol. The number of likely N-dealkylation sites (N-methyl/N-ethyl adjacent to an activating group) is 1. The first-order chi connectivity index (χ1) is 12.3. The van der Waals surface area contributed by atoms with Crippen LogP contribution in [0, 0.1) is 6.92 Å². The molecule has 1 aliphatic heterocycles. The maximum atomic E-state index is 13.2. The second kappa shape index (κ2) is 7.22. The van der Waals surface area contributed by atoms with E-state index in [4.69, 9.17) is 4.74 Å². The summed E-state index contributed by atoms with van der Waals surface area (Å²) in [5.41, 5.74) is -0.777. The van der Waals surface area contributed by atoms with Gasteiger partial charge in [0, 0.05) is 31.5 Å². The van der Waals surface area contributed by atoms with Crippen molar-refractivity contribution in [3.8, 4) is 0 Å². The van der Waals surface area contributed by atoms with Gasteiger partial charge in [0.1, 0.15) is 5.69 Å². The van der Waals surface area contributed by atoms with Crippen LogP contribution in [0.25, 0.3) is 5.65 Å². The van der Waals surface area contributed by atoms with Gasteiger partial charge in [-0.2, -0.15) is 18.3 Å². The predicted octanol–water partition coefficient (Wildman–Crippen LogP) is 3.09. The Morgan fingerprint density at radius 1 is 1.38 bits per heavy atom. The Bertz CT molecular complexity index is 797.